The maximum absolute atomic E-state index is 5.05. The van der Waals surface area contributed by atoms with Gasteiger partial charge in [0.1, 0.15) is 0 Å². The van der Waals surface area contributed by atoms with Gasteiger partial charge in [0.2, 0.25) is 4.73 Å². The lowest BCUT2D eigenvalue weighted by molar-refractivity contribution is 0.426. The molecule has 0 aliphatic rings. The van der Waals surface area contributed by atoms with E-state index in [0.29, 0.717) is 10.6 Å². The van der Waals surface area contributed by atoms with Gasteiger partial charge in [0.15, 0.2) is 0 Å². The molecule has 0 bridgehead atoms. The summed E-state index contributed by atoms with van der Waals surface area (Å²) in [6, 6.07) is 5.89. The van der Waals surface area contributed by atoms with Crippen molar-refractivity contribution < 1.29 is 4.52 Å². The molecular formula is C9H6Br2N2O. The molecule has 0 N–H and O–H groups in total. The summed E-state index contributed by atoms with van der Waals surface area (Å²) in [5, 5.41) is 3.67. The van der Waals surface area contributed by atoms with E-state index >= 15 is 0 Å². The van der Waals surface area contributed by atoms with E-state index in [-0.39, 0.29) is 0 Å². The SMILES string of the molecule is Cc1cccc(-c2nc(Br)no2)c1Br. The average Bonchev–Trinajstić information content (AvgIpc) is 2.57. The number of hydrogen-bond acceptors (Lipinski definition) is 3. The normalized spacial score (nSPS) is 10.5. The molecule has 2 rings (SSSR count). The lowest BCUT2D eigenvalue weighted by Crippen LogP contribution is -1.82. The van der Waals surface area contributed by atoms with Gasteiger partial charge >= 0.3 is 0 Å². The van der Waals surface area contributed by atoms with E-state index in [1.54, 1.807) is 0 Å². The lowest BCUT2D eigenvalue weighted by Gasteiger charge is -2.01. The van der Waals surface area contributed by atoms with Crippen LogP contribution in [-0.4, -0.2) is 10.1 Å². The molecule has 0 atom stereocenters. The van der Waals surface area contributed by atoms with E-state index in [1.165, 1.54) is 0 Å². The Morgan fingerprint density at radius 1 is 1.29 bits per heavy atom. The van der Waals surface area contributed by atoms with E-state index in [0.717, 1.165) is 15.6 Å². The first kappa shape index (κ1) is 9.86. The summed E-state index contributed by atoms with van der Waals surface area (Å²) in [7, 11) is 0. The average molecular weight is 318 g/mol. The predicted octanol–water partition coefficient (Wildman–Crippen LogP) is 3.57. The number of halogens is 2. The van der Waals surface area contributed by atoms with E-state index in [9.17, 15) is 0 Å². The van der Waals surface area contributed by atoms with E-state index < -0.39 is 0 Å². The first-order valence-corrected chi connectivity index (χ1v) is 5.52. The number of nitrogens with zero attached hydrogens (tertiary/aromatic N) is 2. The molecule has 1 aromatic heterocycles. The molecule has 0 fully saturated rings. The van der Waals surface area contributed by atoms with Gasteiger partial charge in [-0.2, -0.15) is 4.98 Å². The van der Waals surface area contributed by atoms with Crippen LogP contribution in [0.15, 0.2) is 31.9 Å². The van der Waals surface area contributed by atoms with E-state index in [1.807, 2.05) is 25.1 Å². The molecule has 1 aromatic carbocycles. The van der Waals surface area contributed by atoms with Crippen molar-refractivity contribution in [1.82, 2.24) is 10.1 Å². The number of aryl methyl sites for hydroxylation is 1. The Balaban J connectivity index is 2.57. The highest BCUT2D eigenvalue weighted by Crippen LogP contribution is 2.29. The van der Waals surface area contributed by atoms with Crippen molar-refractivity contribution in [3.63, 3.8) is 0 Å². The zero-order valence-corrected chi connectivity index (χ0v) is 10.5. The molecule has 0 aliphatic carbocycles. The summed E-state index contributed by atoms with van der Waals surface area (Å²) in [6.07, 6.45) is 0. The van der Waals surface area contributed by atoms with Crippen LogP contribution >= 0.6 is 31.9 Å². The summed E-state index contributed by atoms with van der Waals surface area (Å²) in [5.74, 6) is 0.507. The second-order valence-electron chi connectivity index (χ2n) is 2.81. The summed E-state index contributed by atoms with van der Waals surface area (Å²) < 4.78 is 6.49. The molecule has 0 radical (unpaired) electrons. The zero-order valence-electron chi connectivity index (χ0n) is 7.29. The first-order valence-electron chi connectivity index (χ1n) is 3.93. The van der Waals surface area contributed by atoms with Crippen molar-refractivity contribution in [2.45, 2.75) is 6.92 Å². The molecule has 14 heavy (non-hydrogen) atoms. The topological polar surface area (TPSA) is 38.9 Å². The highest BCUT2D eigenvalue weighted by molar-refractivity contribution is 9.10. The molecule has 1 heterocycles. The number of rotatable bonds is 1. The van der Waals surface area contributed by atoms with Crippen LogP contribution in [0, 0.1) is 6.92 Å². The van der Waals surface area contributed by atoms with Crippen LogP contribution in [0.25, 0.3) is 11.5 Å². The van der Waals surface area contributed by atoms with Crippen LogP contribution in [0.3, 0.4) is 0 Å². The summed E-state index contributed by atoms with van der Waals surface area (Å²) in [4.78, 5) is 4.09. The van der Waals surface area contributed by atoms with Crippen LogP contribution in [0.4, 0.5) is 0 Å². The summed E-state index contributed by atoms with van der Waals surface area (Å²) in [6.45, 7) is 2.01. The molecule has 3 nitrogen and oxygen atoms in total. The van der Waals surface area contributed by atoms with Gasteiger partial charge in [-0.15, -0.1) is 0 Å². The number of aromatic nitrogens is 2. The Morgan fingerprint density at radius 2 is 2.07 bits per heavy atom. The van der Waals surface area contributed by atoms with Crippen LogP contribution in [0.2, 0.25) is 0 Å². The molecule has 0 saturated carbocycles. The van der Waals surface area contributed by atoms with Crippen molar-refractivity contribution >= 4 is 31.9 Å². The third kappa shape index (κ3) is 1.74. The Hall–Kier alpha value is -0.680. The van der Waals surface area contributed by atoms with Crippen molar-refractivity contribution in [1.29, 1.82) is 0 Å². The molecule has 5 heteroatoms. The molecule has 2 aromatic rings. The van der Waals surface area contributed by atoms with Gasteiger partial charge in [-0.1, -0.05) is 12.1 Å². The second-order valence-corrected chi connectivity index (χ2v) is 4.31. The fourth-order valence-corrected chi connectivity index (χ4v) is 1.79. The maximum Gasteiger partial charge on any atom is 0.259 e. The predicted molar refractivity (Wildman–Crippen MR) is 59.9 cm³/mol. The Labute approximate surface area is 97.8 Å². The quantitative estimate of drug-likeness (QED) is 0.807. The lowest BCUT2D eigenvalue weighted by atomic mass is 10.1. The minimum Gasteiger partial charge on any atom is -0.333 e. The van der Waals surface area contributed by atoms with Gasteiger partial charge in [0.05, 0.1) is 5.56 Å². The van der Waals surface area contributed by atoms with Crippen LogP contribution < -0.4 is 0 Å². The summed E-state index contributed by atoms with van der Waals surface area (Å²) >= 11 is 6.62. The smallest absolute Gasteiger partial charge is 0.259 e. The highest BCUT2D eigenvalue weighted by Gasteiger charge is 2.11. The van der Waals surface area contributed by atoms with Crippen LogP contribution in [0.1, 0.15) is 5.56 Å². The van der Waals surface area contributed by atoms with Crippen LogP contribution in [-0.2, 0) is 0 Å². The van der Waals surface area contributed by atoms with Gasteiger partial charge in [-0.05, 0) is 55.6 Å². The standard InChI is InChI=1S/C9H6Br2N2O/c1-5-3-2-4-6(7(5)10)8-12-9(11)13-14-8/h2-4H,1H3. The van der Waals surface area contributed by atoms with Crippen molar-refractivity contribution in [3.05, 3.63) is 33.0 Å². The minimum absolute atomic E-state index is 0.459. The largest absolute Gasteiger partial charge is 0.333 e. The fourth-order valence-electron chi connectivity index (χ4n) is 1.13. The molecule has 0 amide bonds. The monoisotopic (exact) mass is 316 g/mol. The van der Waals surface area contributed by atoms with Gasteiger partial charge in [-0.25, -0.2) is 0 Å². The third-order valence-electron chi connectivity index (χ3n) is 1.82. The summed E-state index contributed by atoms with van der Waals surface area (Å²) in [5.41, 5.74) is 2.04. The fraction of sp³-hybridized carbons (Fsp3) is 0.111. The maximum atomic E-state index is 5.05. The Kier molecular flexibility index (Phi) is 2.69. The van der Waals surface area contributed by atoms with E-state index in [4.69, 9.17) is 4.52 Å². The molecule has 0 spiro atoms. The van der Waals surface area contributed by atoms with Crippen molar-refractivity contribution in [3.8, 4) is 11.5 Å². The second kappa shape index (κ2) is 3.82. The minimum atomic E-state index is 0.459. The van der Waals surface area contributed by atoms with Crippen LogP contribution in [0.5, 0.6) is 0 Å². The van der Waals surface area contributed by atoms with Gasteiger partial charge in [0, 0.05) is 4.47 Å². The van der Waals surface area contributed by atoms with Crippen molar-refractivity contribution in [2.24, 2.45) is 0 Å². The first-order chi connectivity index (χ1) is 6.68. The third-order valence-corrected chi connectivity index (χ3v) is 3.20. The molecular weight excluding hydrogens is 312 g/mol. The zero-order chi connectivity index (χ0) is 10.1. The van der Waals surface area contributed by atoms with Gasteiger partial charge < -0.3 is 4.52 Å². The van der Waals surface area contributed by atoms with E-state index in [2.05, 4.69) is 42.0 Å². The number of benzene rings is 1. The molecule has 72 valence electrons. The van der Waals surface area contributed by atoms with Crippen molar-refractivity contribution in [2.75, 3.05) is 0 Å². The molecule has 0 unspecified atom stereocenters. The molecule has 0 aliphatic heterocycles. The Bertz CT molecular complexity index is 468. The number of hydrogen-bond donors (Lipinski definition) is 0. The Morgan fingerprint density at radius 3 is 2.71 bits per heavy atom. The van der Waals surface area contributed by atoms with Gasteiger partial charge in [0.25, 0.3) is 5.89 Å². The van der Waals surface area contributed by atoms with Gasteiger partial charge in [-0.3, -0.25) is 0 Å². The molecule has 0 saturated heterocycles. The highest BCUT2D eigenvalue weighted by atomic mass is 79.9.